The van der Waals surface area contributed by atoms with Crippen molar-refractivity contribution in [3.63, 3.8) is 0 Å². The third kappa shape index (κ3) is 2.74. The fourth-order valence-corrected chi connectivity index (χ4v) is 1.75. The summed E-state index contributed by atoms with van der Waals surface area (Å²) in [6.45, 7) is 1.72. The van der Waals surface area contributed by atoms with E-state index in [1.807, 2.05) is 0 Å². The fraction of sp³-hybridized carbons (Fsp3) is 0.0833. The maximum Gasteiger partial charge on any atom is 0.335 e. The van der Waals surface area contributed by atoms with E-state index in [9.17, 15) is 9.59 Å². The highest BCUT2D eigenvalue weighted by molar-refractivity contribution is 6.34. The van der Waals surface area contributed by atoms with Crippen molar-refractivity contribution in [2.45, 2.75) is 6.92 Å². The Morgan fingerprint density at radius 3 is 2.68 bits per heavy atom. The summed E-state index contributed by atoms with van der Waals surface area (Å²) in [7, 11) is 0. The van der Waals surface area contributed by atoms with Gasteiger partial charge in [0.25, 0.3) is 5.91 Å². The summed E-state index contributed by atoms with van der Waals surface area (Å²) in [4.78, 5) is 22.7. The van der Waals surface area contributed by atoms with E-state index in [1.165, 1.54) is 24.4 Å². The maximum atomic E-state index is 11.9. The first kappa shape index (κ1) is 13.1. The summed E-state index contributed by atoms with van der Waals surface area (Å²) in [5.74, 6) is -1.44. The molecule has 3 N–H and O–H groups in total. The molecule has 6 nitrogen and oxygen atoms in total. The number of anilines is 1. The highest BCUT2D eigenvalue weighted by atomic mass is 35.5. The first-order chi connectivity index (χ1) is 8.99. The number of rotatable bonds is 3. The van der Waals surface area contributed by atoms with Gasteiger partial charge in [-0.05, 0) is 25.1 Å². The van der Waals surface area contributed by atoms with E-state index in [1.54, 1.807) is 6.92 Å². The summed E-state index contributed by atoms with van der Waals surface area (Å²) in [5.41, 5.74) is 1.44. The van der Waals surface area contributed by atoms with Crippen molar-refractivity contribution in [1.82, 2.24) is 10.2 Å². The topological polar surface area (TPSA) is 95.1 Å². The molecule has 1 heterocycles. The zero-order chi connectivity index (χ0) is 14.0. The summed E-state index contributed by atoms with van der Waals surface area (Å²) in [5, 5.41) is 18.0. The standard InChI is InChI=1S/C12H10ClN3O3/c1-6-8(5-14-16-6)11(17)15-10-3-2-7(12(18)19)4-9(10)13/h2-5H,1H3,(H,14,16)(H,15,17)(H,18,19). The van der Waals surface area contributed by atoms with Crippen LogP contribution >= 0.6 is 11.6 Å². The Hall–Kier alpha value is -2.34. The van der Waals surface area contributed by atoms with Crippen molar-refractivity contribution >= 4 is 29.2 Å². The lowest BCUT2D eigenvalue weighted by Gasteiger charge is -2.07. The highest BCUT2D eigenvalue weighted by Gasteiger charge is 2.13. The van der Waals surface area contributed by atoms with Gasteiger partial charge < -0.3 is 10.4 Å². The van der Waals surface area contributed by atoms with Crippen molar-refractivity contribution < 1.29 is 14.7 Å². The van der Waals surface area contributed by atoms with Crippen LogP contribution in [0, 0.1) is 6.92 Å². The Kier molecular flexibility index (Phi) is 3.52. The minimum absolute atomic E-state index is 0.0579. The number of aromatic nitrogens is 2. The molecule has 0 saturated heterocycles. The Labute approximate surface area is 113 Å². The lowest BCUT2D eigenvalue weighted by Crippen LogP contribution is -2.13. The Morgan fingerprint density at radius 2 is 2.16 bits per heavy atom. The number of amides is 1. The summed E-state index contributed by atoms with van der Waals surface area (Å²) in [6.07, 6.45) is 1.41. The molecule has 19 heavy (non-hydrogen) atoms. The van der Waals surface area contributed by atoms with Gasteiger partial charge >= 0.3 is 5.97 Å². The third-order valence-electron chi connectivity index (χ3n) is 2.54. The molecule has 0 aliphatic rings. The zero-order valence-corrected chi connectivity index (χ0v) is 10.7. The first-order valence-electron chi connectivity index (χ1n) is 5.33. The quantitative estimate of drug-likeness (QED) is 0.803. The molecule has 0 saturated carbocycles. The number of aromatic amines is 1. The minimum Gasteiger partial charge on any atom is -0.478 e. The average Bonchev–Trinajstić information content (AvgIpc) is 2.77. The van der Waals surface area contributed by atoms with Crippen LogP contribution in [0.5, 0.6) is 0 Å². The van der Waals surface area contributed by atoms with Crippen LogP contribution in [0.25, 0.3) is 0 Å². The van der Waals surface area contributed by atoms with E-state index >= 15 is 0 Å². The van der Waals surface area contributed by atoms with Crippen LogP contribution in [0.15, 0.2) is 24.4 Å². The van der Waals surface area contributed by atoms with Gasteiger partial charge in [-0.15, -0.1) is 0 Å². The second-order valence-electron chi connectivity index (χ2n) is 3.86. The van der Waals surface area contributed by atoms with Crippen LogP contribution in [-0.4, -0.2) is 27.2 Å². The molecule has 1 aromatic heterocycles. The molecule has 0 aliphatic heterocycles. The largest absolute Gasteiger partial charge is 0.478 e. The number of hydrogen-bond donors (Lipinski definition) is 3. The SMILES string of the molecule is Cc1[nH]ncc1C(=O)Nc1ccc(C(=O)O)cc1Cl. The van der Waals surface area contributed by atoms with Gasteiger partial charge in [0, 0.05) is 5.69 Å². The number of H-pyrrole nitrogens is 1. The van der Waals surface area contributed by atoms with Crippen LogP contribution in [0.4, 0.5) is 5.69 Å². The molecule has 0 radical (unpaired) electrons. The van der Waals surface area contributed by atoms with Crippen LogP contribution in [0.2, 0.25) is 5.02 Å². The van der Waals surface area contributed by atoms with Gasteiger partial charge in [-0.2, -0.15) is 5.10 Å². The van der Waals surface area contributed by atoms with Crippen LogP contribution < -0.4 is 5.32 Å². The number of aromatic carboxylic acids is 1. The van der Waals surface area contributed by atoms with Gasteiger partial charge in [-0.25, -0.2) is 4.79 Å². The molecule has 0 aliphatic carbocycles. The number of hydrogen-bond acceptors (Lipinski definition) is 3. The lowest BCUT2D eigenvalue weighted by molar-refractivity contribution is 0.0696. The molecule has 1 aromatic carbocycles. The van der Waals surface area contributed by atoms with Crippen LogP contribution in [0.3, 0.4) is 0 Å². The van der Waals surface area contributed by atoms with Crippen molar-refractivity contribution in [3.8, 4) is 0 Å². The molecule has 98 valence electrons. The predicted molar refractivity (Wildman–Crippen MR) is 69.7 cm³/mol. The van der Waals surface area contributed by atoms with E-state index in [4.69, 9.17) is 16.7 Å². The highest BCUT2D eigenvalue weighted by Crippen LogP contribution is 2.23. The Bertz CT molecular complexity index is 651. The van der Waals surface area contributed by atoms with Crippen molar-refractivity contribution in [2.75, 3.05) is 5.32 Å². The number of benzene rings is 1. The smallest absolute Gasteiger partial charge is 0.335 e. The number of nitrogens with one attached hydrogen (secondary N) is 2. The summed E-state index contributed by atoms with van der Waals surface area (Å²) >= 11 is 5.92. The van der Waals surface area contributed by atoms with Gasteiger partial charge in [-0.1, -0.05) is 11.6 Å². The first-order valence-corrected chi connectivity index (χ1v) is 5.71. The van der Waals surface area contributed by atoms with Crippen molar-refractivity contribution in [1.29, 1.82) is 0 Å². The Balaban J connectivity index is 2.23. The number of nitrogens with zero attached hydrogens (tertiary/aromatic N) is 1. The third-order valence-corrected chi connectivity index (χ3v) is 2.85. The van der Waals surface area contributed by atoms with Crippen LogP contribution in [-0.2, 0) is 0 Å². The van der Waals surface area contributed by atoms with E-state index in [2.05, 4.69) is 15.5 Å². The molecule has 2 rings (SSSR count). The number of halogens is 1. The number of carboxylic acids is 1. The van der Waals surface area contributed by atoms with Crippen molar-refractivity contribution in [3.05, 3.63) is 46.2 Å². The summed E-state index contributed by atoms with van der Waals surface area (Å²) in [6, 6.07) is 4.09. The van der Waals surface area contributed by atoms with Gasteiger partial charge in [0.2, 0.25) is 0 Å². The second kappa shape index (κ2) is 5.11. The van der Waals surface area contributed by atoms with Gasteiger partial charge in [0.1, 0.15) is 0 Å². The molecular weight excluding hydrogens is 270 g/mol. The molecule has 2 aromatic rings. The maximum absolute atomic E-state index is 11.9. The van der Waals surface area contributed by atoms with E-state index in [-0.39, 0.29) is 16.5 Å². The predicted octanol–water partition coefficient (Wildman–Crippen LogP) is 2.32. The normalized spacial score (nSPS) is 10.2. The van der Waals surface area contributed by atoms with Gasteiger partial charge in [-0.3, -0.25) is 9.89 Å². The van der Waals surface area contributed by atoms with Gasteiger partial charge in [0.15, 0.2) is 0 Å². The summed E-state index contributed by atoms with van der Waals surface area (Å²) < 4.78 is 0. The number of carbonyl (C=O) groups is 2. The molecular formula is C12H10ClN3O3. The molecule has 0 bridgehead atoms. The van der Waals surface area contributed by atoms with E-state index < -0.39 is 5.97 Å². The van der Waals surface area contributed by atoms with E-state index in [0.717, 1.165) is 0 Å². The molecule has 1 amide bonds. The monoisotopic (exact) mass is 279 g/mol. The van der Waals surface area contributed by atoms with Gasteiger partial charge in [0.05, 0.1) is 28.0 Å². The minimum atomic E-state index is -1.08. The van der Waals surface area contributed by atoms with Crippen molar-refractivity contribution in [2.24, 2.45) is 0 Å². The number of carboxylic acid groups (broad SMARTS) is 1. The molecule has 7 heteroatoms. The zero-order valence-electron chi connectivity index (χ0n) is 9.90. The molecule has 0 fully saturated rings. The molecule has 0 spiro atoms. The molecule has 0 atom stereocenters. The molecule has 0 unspecified atom stereocenters. The number of aryl methyl sites for hydroxylation is 1. The average molecular weight is 280 g/mol. The fourth-order valence-electron chi connectivity index (χ4n) is 1.52. The van der Waals surface area contributed by atoms with E-state index in [0.29, 0.717) is 16.9 Å². The van der Waals surface area contributed by atoms with Crippen LogP contribution in [0.1, 0.15) is 26.4 Å². The Morgan fingerprint density at radius 1 is 1.42 bits per heavy atom. The lowest BCUT2D eigenvalue weighted by atomic mass is 10.2. The second-order valence-corrected chi connectivity index (χ2v) is 4.27. The number of carbonyl (C=O) groups excluding carboxylic acids is 1.